The molecule has 0 radical (unpaired) electrons. The van der Waals surface area contributed by atoms with Crippen molar-refractivity contribution in [3.63, 3.8) is 0 Å². The van der Waals surface area contributed by atoms with E-state index in [4.69, 9.17) is 32.7 Å². The summed E-state index contributed by atoms with van der Waals surface area (Å²) in [6, 6.07) is 10.9. The number of methoxy groups -OCH3 is 2. The van der Waals surface area contributed by atoms with Crippen LogP contribution in [-0.4, -0.2) is 31.1 Å². The van der Waals surface area contributed by atoms with Crippen molar-refractivity contribution in [3.8, 4) is 11.5 Å². The molecule has 2 aromatic rings. The topological polar surface area (TPSA) is 38.8 Å². The normalized spacial score (nSPS) is 13.4. The number of hydrogen-bond acceptors (Lipinski definition) is 3. The van der Waals surface area contributed by atoms with Gasteiger partial charge in [-0.15, -0.1) is 0 Å². The second kappa shape index (κ2) is 7.54. The Balaban J connectivity index is 1.92. The van der Waals surface area contributed by atoms with Crippen molar-refractivity contribution in [2.24, 2.45) is 0 Å². The van der Waals surface area contributed by atoms with Gasteiger partial charge in [0.1, 0.15) is 11.5 Å². The van der Waals surface area contributed by atoms with E-state index < -0.39 is 0 Å². The predicted octanol–water partition coefficient (Wildman–Crippen LogP) is 4.82. The molecule has 132 valence electrons. The molecule has 1 aliphatic carbocycles. The van der Waals surface area contributed by atoms with Crippen LogP contribution in [0.4, 0.5) is 0 Å². The highest BCUT2D eigenvalue weighted by Crippen LogP contribution is 2.35. The number of hydrogen-bond donors (Lipinski definition) is 0. The largest absolute Gasteiger partial charge is 0.497 e. The minimum atomic E-state index is -0.125. The number of ether oxygens (including phenoxy) is 2. The van der Waals surface area contributed by atoms with Crippen LogP contribution >= 0.6 is 23.2 Å². The number of halogens is 2. The standard InChI is InChI=1S/C19H19Cl2NO3/c1-24-14-8-9-17(25-2)12(10-14)11-22(13-6-7-13)19(23)15-4-3-5-16(20)18(15)21/h3-5,8-10,13H,6-7,11H2,1-2H3. The van der Waals surface area contributed by atoms with Gasteiger partial charge in [0.2, 0.25) is 0 Å². The van der Waals surface area contributed by atoms with Gasteiger partial charge in [-0.05, 0) is 43.2 Å². The van der Waals surface area contributed by atoms with Crippen LogP contribution in [-0.2, 0) is 6.54 Å². The lowest BCUT2D eigenvalue weighted by atomic mass is 10.1. The van der Waals surface area contributed by atoms with Crippen LogP contribution in [0.5, 0.6) is 11.5 Å². The number of amides is 1. The lowest BCUT2D eigenvalue weighted by Gasteiger charge is -2.24. The number of carbonyl (C=O) groups is 1. The molecule has 25 heavy (non-hydrogen) atoms. The molecule has 0 aliphatic heterocycles. The lowest BCUT2D eigenvalue weighted by Crippen LogP contribution is -2.33. The van der Waals surface area contributed by atoms with E-state index in [1.807, 2.05) is 23.1 Å². The van der Waals surface area contributed by atoms with Gasteiger partial charge in [0.15, 0.2) is 0 Å². The van der Waals surface area contributed by atoms with Crippen molar-refractivity contribution >= 4 is 29.1 Å². The summed E-state index contributed by atoms with van der Waals surface area (Å²) in [7, 11) is 3.23. The van der Waals surface area contributed by atoms with Crippen molar-refractivity contribution < 1.29 is 14.3 Å². The summed E-state index contributed by atoms with van der Waals surface area (Å²) in [6.07, 6.45) is 1.96. The first kappa shape index (κ1) is 17.9. The average Bonchev–Trinajstić information content (AvgIpc) is 3.46. The molecule has 0 heterocycles. The zero-order valence-corrected chi connectivity index (χ0v) is 15.6. The fourth-order valence-electron chi connectivity index (χ4n) is 2.77. The summed E-state index contributed by atoms with van der Waals surface area (Å²) < 4.78 is 10.7. The Morgan fingerprint density at radius 2 is 1.92 bits per heavy atom. The lowest BCUT2D eigenvalue weighted by molar-refractivity contribution is 0.0729. The molecule has 0 bridgehead atoms. The van der Waals surface area contributed by atoms with E-state index in [1.54, 1.807) is 32.4 Å². The molecule has 1 aliphatic rings. The molecule has 0 saturated heterocycles. The predicted molar refractivity (Wildman–Crippen MR) is 98.9 cm³/mol. The Morgan fingerprint density at radius 1 is 1.16 bits per heavy atom. The molecule has 1 saturated carbocycles. The molecule has 6 heteroatoms. The Kier molecular flexibility index (Phi) is 5.40. The minimum Gasteiger partial charge on any atom is -0.497 e. The van der Waals surface area contributed by atoms with Crippen LogP contribution in [0.2, 0.25) is 10.0 Å². The highest BCUT2D eigenvalue weighted by atomic mass is 35.5. The van der Waals surface area contributed by atoms with Gasteiger partial charge in [-0.1, -0.05) is 29.3 Å². The van der Waals surface area contributed by atoms with Gasteiger partial charge in [0.25, 0.3) is 5.91 Å². The first-order valence-corrected chi connectivity index (χ1v) is 8.76. The average molecular weight is 380 g/mol. The molecular formula is C19H19Cl2NO3. The first-order chi connectivity index (χ1) is 12.0. The van der Waals surface area contributed by atoms with Crippen LogP contribution in [0.3, 0.4) is 0 Å². The Morgan fingerprint density at radius 3 is 2.56 bits per heavy atom. The fraction of sp³-hybridized carbons (Fsp3) is 0.316. The molecule has 2 aromatic carbocycles. The molecule has 1 fully saturated rings. The third-order valence-corrected chi connectivity index (χ3v) is 5.08. The zero-order chi connectivity index (χ0) is 18.0. The van der Waals surface area contributed by atoms with E-state index in [2.05, 4.69) is 0 Å². The van der Waals surface area contributed by atoms with Crippen LogP contribution in [0.25, 0.3) is 0 Å². The number of benzene rings is 2. The number of nitrogens with zero attached hydrogens (tertiary/aromatic N) is 1. The fourth-order valence-corrected chi connectivity index (χ4v) is 3.15. The van der Waals surface area contributed by atoms with E-state index >= 15 is 0 Å². The quantitative estimate of drug-likeness (QED) is 0.722. The van der Waals surface area contributed by atoms with Gasteiger partial charge in [-0.2, -0.15) is 0 Å². The van der Waals surface area contributed by atoms with E-state index in [0.29, 0.717) is 17.1 Å². The summed E-state index contributed by atoms with van der Waals surface area (Å²) in [5.41, 5.74) is 1.31. The molecule has 4 nitrogen and oxygen atoms in total. The maximum Gasteiger partial charge on any atom is 0.255 e. The molecular weight excluding hydrogens is 361 g/mol. The molecule has 0 N–H and O–H groups in total. The minimum absolute atomic E-state index is 0.125. The zero-order valence-electron chi connectivity index (χ0n) is 14.1. The molecule has 0 aromatic heterocycles. The van der Waals surface area contributed by atoms with Crippen LogP contribution in [0, 0.1) is 0 Å². The number of carbonyl (C=O) groups excluding carboxylic acids is 1. The summed E-state index contributed by atoms with van der Waals surface area (Å²) in [5.74, 6) is 1.32. The van der Waals surface area contributed by atoms with Crippen molar-refractivity contribution in [2.75, 3.05) is 14.2 Å². The molecule has 0 atom stereocenters. The molecule has 0 unspecified atom stereocenters. The van der Waals surface area contributed by atoms with Crippen molar-refractivity contribution in [3.05, 3.63) is 57.6 Å². The van der Waals surface area contributed by atoms with E-state index in [9.17, 15) is 4.79 Å². The smallest absolute Gasteiger partial charge is 0.255 e. The summed E-state index contributed by atoms with van der Waals surface area (Å²) in [5, 5.41) is 0.666. The van der Waals surface area contributed by atoms with Crippen LogP contribution in [0.15, 0.2) is 36.4 Å². The molecule has 1 amide bonds. The monoisotopic (exact) mass is 379 g/mol. The SMILES string of the molecule is COc1ccc(OC)c(CN(C(=O)c2cccc(Cl)c2Cl)C2CC2)c1. The highest BCUT2D eigenvalue weighted by Gasteiger charge is 2.34. The molecule has 3 rings (SSSR count). The Labute approximate surface area is 157 Å². The van der Waals surface area contributed by atoms with Crippen molar-refractivity contribution in [1.82, 2.24) is 4.90 Å². The first-order valence-electron chi connectivity index (χ1n) is 8.01. The van der Waals surface area contributed by atoms with Crippen molar-refractivity contribution in [2.45, 2.75) is 25.4 Å². The maximum absolute atomic E-state index is 13.1. The summed E-state index contributed by atoms with van der Waals surface area (Å²) in [4.78, 5) is 14.9. The maximum atomic E-state index is 13.1. The van der Waals surface area contributed by atoms with E-state index in [1.165, 1.54) is 0 Å². The van der Waals surface area contributed by atoms with Crippen molar-refractivity contribution in [1.29, 1.82) is 0 Å². The second-order valence-corrected chi connectivity index (χ2v) is 6.73. The van der Waals surface area contributed by atoms with Gasteiger partial charge < -0.3 is 14.4 Å². The van der Waals surface area contributed by atoms with Crippen LogP contribution in [0.1, 0.15) is 28.8 Å². The van der Waals surface area contributed by atoms with E-state index in [-0.39, 0.29) is 17.0 Å². The third-order valence-electron chi connectivity index (χ3n) is 4.26. The highest BCUT2D eigenvalue weighted by molar-refractivity contribution is 6.43. The van der Waals surface area contributed by atoms with Gasteiger partial charge in [-0.25, -0.2) is 0 Å². The van der Waals surface area contributed by atoms with Gasteiger partial charge in [-0.3, -0.25) is 4.79 Å². The Hall–Kier alpha value is -1.91. The summed E-state index contributed by atoms with van der Waals surface area (Å²) >= 11 is 12.3. The Bertz CT molecular complexity index is 790. The van der Waals surface area contributed by atoms with E-state index in [0.717, 1.165) is 29.9 Å². The molecule has 0 spiro atoms. The second-order valence-electron chi connectivity index (χ2n) is 5.94. The van der Waals surface area contributed by atoms with Gasteiger partial charge in [0.05, 0.1) is 36.4 Å². The van der Waals surface area contributed by atoms with Crippen LogP contribution < -0.4 is 9.47 Å². The van der Waals surface area contributed by atoms with Gasteiger partial charge in [0, 0.05) is 11.6 Å². The summed E-state index contributed by atoms with van der Waals surface area (Å²) in [6.45, 7) is 0.423. The third kappa shape index (κ3) is 3.86. The van der Waals surface area contributed by atoms with Gasteiger partial charge >= 0.3 is 0 Å². The number of rotatable bonds is 6.